The van der Waals surface area contributed by atoms with Gasteiger partial charge in [0.15, 0.2) is 5.69 Å². The Kier molecular flexibility index (Phi) is 5.83. The topological polar surface area (TPSA) is 101 Å². The van der Waals surface area contributed by atoms with Gasteiger partial charge in [-0.1, -0.05) is 19.9 Å². The summed E-state index contributed by atoms with van der Waals surface area (Å²) in [6.07, 6.45) is 3.12. The van der Waals surface area contributed by atoms with Crippen LogP contribution >= 0.6 is 0 Å². The van der Waals surface area contributed by atoms with E-state index in [2.05, 4.69) is 29.1 Å². The summed E-state index contributed by atoms with van der Waals surface area (Å²) >= 11 is 0. The van der Waals surface area contributed by atoms with Crippen molar-refractivity contribution in [2.75, 3.05) is 11.9 Å². The van der Waals surface area contributed by atoms with Crippen molar-refractivity contribution in [2.45, 2.75) is 20.3 Å². The number of aromatic nitrogens is 2. The number of hydrogen-bond acceptors (Lipinski definition) is 5. The third-order valence-electron chi connectivity index (χ3n) is 3.16. The zero-order chi connectivity index (χ0) is 17.5. The van der Waals surface area contributed by atoms with Crippen LogP contribution in [0.2, 0.25) is 0 Å². The average molecular weight is 329 g/mol. The molecule has 0 radical (unpaired) electrons. The minimum atomic E-state index is -1.19. The molecule has 0 atom stereocenters. The van der Waals surface area contributed by atoms with E-state index >= 15 is 0 Å². The van der Waals surface area contributed by atoms with Gasteiger partial charge in [0.1, 0.15) is 11.4 Å². The number of hydrogen-bond donors (Lipinski definition) is 2. The maximum Gasteiger partial charge on any atom is 0.356 e. The van der Waals surface area contributed by atoms with Crippen LogP contribution in [0.15, 0.2) is 36.7 Å². The molecule has 1 heterocycles. The first kappa shape index (κ1) is 17.4. The molecule has 0 saturated carbocycles. The molecule has 0 aliphatic carbocycles. The molecule has 0 bridgehead atoms. The number of carboxylic acids is 1. The Labute approximate surface area is 139 Å². The fraction of sp³-hybridized carbons (Fsp3) is 0.294. The molecule has 2 aromatic rings. The highest BCUT2D eigenvalue weighted by atomic mass is 16.5. The second kappa shape index (κ2) is 8.05. The summed E-state index contributed by atoms with van der Waals surface area (Å²) in [7, 11) is 0. The van der Waals surface area contributed by atoms with Crippen LogP contribution in [0.4, 0.5) is 5.69 Å². The standard InChI is InChI=1S/C17H19N3O4/c1-11(2)6-7-24-13-5-3-4-12(8-13)20-16(21)14-9-19-15(10-18-14)17(22)23/h3-5,8-11H,6-7H2,1-2H3,(H,20,21)(H,22,23). The van der Waals surface area contributed by atoms with Gasteiger partial charge in [-0.25, -0.2) is 14.8 Å². The number of carbonyl (C=O) groups excluding carboxylic acids is 1. The summed E-state index contributed by atoms with van der Waals surface area (Å²) in [5, 5.41) is 11.4. The van der Waals surface area contributed by atoms with Crippen molar-refractivity contribution in [3.63, 3.8) is 0 Å². The zero-order valence-corrected chi connectivity index (χ0v) is 13.5. The molecule has 1 aromatic heterocycles. The third kappa shape index (κ3) is 5.05. The lowest BCUT2D eigenvalue weighted by Crippen LogP contribution is -2.15. The van der Waals surface area contributed by atoms with E-state index in [0.29, 0.717) is 24.0 Å². The number of amides is 1. The summed E-state index contributed by atoms with van der Waals surface area (Å²) in [5.74, 6) is -0.444. The van der Waals surface area contributed by atoms with Crippen molar-refractivity contribution in [2.24, 2.45) is 5.92 Å². The highest BCUT2D eigenvalue weighted by molar-refractivity contribution is 6.02. The Bertz CT molecular complexity index is 714. The first-order valence-corrected chi connectivity index (χ1v) is 7.55. The van der Waals surface area contributed by atoms with Gasteiger partial charge in [-0.2, -0.15) is 0 Å². The first-order valence-electron chi connectivity index (χ1n) is 7.55. The van der Waals surface area contributed by atoms with E-state index in [-0.39, 0.29) is 11.4 Å². The van der Waals surface area contributed by atoms with E-state index in [4.69, 9.17) is 9.84 Å². The Morgan fingerprint density at radius 1 is 1.21 bits per heavy atom. The van der Waals surface area contributed by atoms with Gasteiger partial charge in [0.05, 0.1) is 19.0 Å². The molecule has 2 rings (SSSR count). The number of carbonyl (C=O) groups is 2. The van der Waals surface area contributed by atoms with Crippen LogP contribution in [0.5, 0.6) is 5.75 Å². The van der Waals surface area contributed by atoms with Crippen LogP contribution in [0.25, 0.3) is 0 Å². The van der Waals surface area contributed by atoms with Crippen LogP contribution in [0.3, 0.4) is 0 Å². The van der Waals surface area contributed by atoms with E-state index in [9.17, 15) is 9.59 Å². The second-order valence-corrected chi connectivity index (χ2v) is 5.60. The van der Waals surface area contributed by atoms with Crippen molar-refractivity contribution in [1.82, 2.24) is 9.97 Å². The summed E-state index contributed by atoms with van der Waals surface area (Å²) in [6.45, 7) is 4.85. The summed E-state index contributed by atoms with van der Waals surface area (Å²) < 4.78 is 5.64. The molecule has 126 valence electrons. The minimum absolute atomic E-state index is 0.0335. The van der Waals surface area contributed by atoms with E-state index in [1.54, 1.807) is 18.2 Å². The van der Waals surface area contributed by atoms with Crippen LogP contribution in [-0.2, 0) is 0 Å². The van der Waals surface area contributed by atoms with Crippen molar-refractivity contribution < 1.29 is 19.4 Å². The van der Waals surface area contributed by atoms with Crippen molar-refractivity contribution in [3.8, 4) is 5.75 Å². The van der Waals surface area contributed by atoms with E-state index in [0.717, 1.165) is 18.8 Å². The molecule has 24 heavy (non-hydrogen) atoms. The number of ether oxygens (including phenoxy) is 1. The Morgan fingerprint density at radius 3 is 2.54 bits per heavy atom. The number of nitrogens with one attached hydrogen (secondary N) is 1. The van der Waals surface area contributed by atoms with Crippen molar-refractivity contribution in [3.05, 3.63) is 48.0 Å². The number of rotatable bonds is 7. The molecule has 0 fully saturated rings. The van der Waals surface area contributed by atoms with Gasteiger partial charge in [-0.3, -0.25) is 4.79 Å². The number of benzene rings is 1. The normalized spacial score (nSPS) is 10.5. The maximum atomic E-state index is 12.1. The number of aromatic carboxylic acids is 1. The molecule has 1 aromatic carbocycles. The minimum Gasteiger partial charge on any atom is -0.494 e. The van der Waals surface area contributed by atoms with Gasteiger partial charge in [-0.15, -0.1) is 0 Å². The van der Waals surface area contributed by atoms with Crippen LogP contribution in [0, 0.1) is 5.92 Å². The van der Waals surface area contributed by atoms with Crippen LogP contribution in [-0.4, -0.2) is 33.6 Å². The first-order chi connectivity index (χ1) is 11.5. The summed E-state index contributed by atoms with van der Waals surface area (Å²) in [5.41, 5.74) is 0.379. The van der Waals surface area contributed by atoms with Crippen molar-refractivity contribution in [1.29, 1.82) is 0 Å². The van der Waals surface area contributed by atoms with E-state index < -0.39 is 11.9 Å². The largest absolute Gasteiger partial charge is 0.494 e. The zero-order valence-electron chi connectivity index (χ0n) is 13.5. The second-order valence-electron chi connectivity index (χ2n) is 5.60. The fourth-order valence-electron chi connectivity index (χ4n) is 1.83. The molecular formula is C17H19N3O4. The molecule has 7 nitrogen and oxygen atoms in total. The number of carboxylic acid groups (broad SMARTS) is 1. The monoisotopic (exact) mass is 329 g/mol. The smallest absolute Gasteiger partial charge is 0.356 e. The SMILES string of the molecule is CC(C)CCOc1cccc(NC(=O)c2cnc(C(=O)O)cn2)c1. The maximum absolute atomic E-state index is 12.1. The van der Waals surface area contributed by atoms with Gasteiger partial charge in [0.2, 0.25) is 0 Å². The highest BCUT2D eigenvalue weighted by Crippen LogP contribution is 2.18. The molecule has 2 N–H and O–H groups in total. The van der Waals surface area contributed by atoms with Crippen LogP contribution in [0.1, 0.15) is 41.2 Å². The predicted octanol–water partition coefficient (Wildman–Crippen LogP) is 2.85. The number of nitrogens with zero attached hydrogens (tertiary/aromatic N) is 2. The lowest BCUT2D eigenvalue weighted by atomic mass is 10.1. The fourth-order valence-corrected chi connectivity index (χ4v) is 1.83. The van der Waals surface area contributed by atoms with Crippen molar-refractivity contribution >= 4 is 17.6 Å². The molecule has 0 spiro atoms. The van der Waals surface area contributed by atoms with Gasteiger partial charge < -0.3 is 15.2 Å². The van der Waals surface area contributed by atoms with Gasteiger partial charge in [0.25, 0.3) is 5.91 Å². The van der Waals surface area contributed by atoms with Gasteiger partial charge in [-0.05, 0) is 24.5 Å². The molecule has 0 aliphatic rings. The lowest BCUT2D eigenvalue weighted by molar-refractivity contribution is 0.0689. The predicted molar refractivity (Wildman–Crippen MR) is 88.3 cm³/mol. The lowest BCUT2D eigenvalue weighted by Gasteiger charge is -2.10. The Balaban J connectivity index is 1.99. The van der Waals surface area contributed by atoms with Gasteiger partial charge in [0, 0.05) is 11.8 Å². The van der Waals surface area contributed by atoms with Gasteiger partial charge >= 0.3 is 5.97 Å². The molecule has 0 aliphatic heterocycles. The Hall–Kier alpha value is -2.96. The average Bonchev–Trinajstić information content (AvgIpc) is 2.55. The number of anilines is 1. The molecule has 7 heteroatoms. The van der Waals surface area contributed by atoms with E-state index in [1.807, 2.05) is 6.07 Å². The van der Waals surface area contributed by atoms with E-state index in [1.165, 1.54) is 0 Å². The quantitative estimate of drug-likeness (QED) is 0.810. The molecule has 0 unspecified atom stereocenters. The third-order valence-corrected chi connectivity index (χ3v) is 3.16. The highest BCUT2D eigenvalue weighted by Gasteiger charge is 2.11. The summed E-state index contributed by atoms with van der Waals surface area (Å²) in [6, 6.07) is 7.04. The molecule has 1 amide bonds. The molecule has 0 saturated heterocycles. The van der Waals surface area contributed by atoms with Crippen LogP contribution < -0.4 is 10.1 Å². The Morgan fingerprint density at radius 2 is 1.92 bits per heavy atom. The summed E-state index contributed by atoms with van der Waals surface area (Å²) in [4.78, 5) is 30.3. The molecular weight excluding hydrogens is 310 g/mol.